The first-order chi connectivity index (χ1) is 25.4. The number of nitrogens with zero attached hydrogens (tertiary/aromatic N) is 3. The van der Waals surface area contributed by atoms with Crippen molar-refractivity contribution in [2.45, 2.75) is 51.6 Å². The number of hydrogen-bond donors (Lipinski definition) is 2. The van der Waals surface area contributed by atoms with Crippen LogP contribution in [0.4, 0.5) is 5.69 Å². The lowest BCUT2D eigenvalue weighted by Gasteiger charge is -2.36. The second-order valence-corrected chi connectivity index (χ2v) is 13.8. The number of fused-ring (bicyclic) bond motifs is 1. The molecule has 0 aliphatic carbocycles. The molecule has 7 rings (SSSR count). The Balaban J connectivity index is 0.878. The van der Waals surface area contributed by atoms with Gasteiger partial charge < -0.3 is 19.6 Å². The number of aromatic hydroxyl groups is 1. The van der Waals surface area contributed by atoms with Crippen molar-refractivity contribution in [3.05, 3.63) is 125 Å². The lowest BCUT2D eigenvalue weighted by molar-refractivity contribution is -0.136. The number of nitrogens with one attached hydrogen (secondary N) is 1. The highest BCUT2D eigenvalue weighted by Gasteiger charge is 2.39. The Morgan fingerprint density at radius 1 is 0.827 bits per heavy atom. The van der Waals surface area contributed by atoms with Crippen molar-refractivity contribution < 1.29 is 24.2 Å². The summed E-state index contributed by atoms with van der Waals surface area (Å²) in [4.78, 5) is 43.5. The summed E-state index contributed by atoms with van der Waals surface area (Å²) in [6.07, 6.45) is 3.52. The van der Waals surface area contributed by atoms with E-state index < -0.39 is 6.04 Å². The van der Waals surface area contributed by atoms with Gasteiger partial charge in [-0.05, 0) is 108 Å². The number of ether oxygens (including phenoxy) is 1. The van der Waals surface area contributed by atoms with E-state index >= 15 is 0 Å². The number of piperidine rings is 1. The third kappa shape index (κ3) is 7.75. The zero-order valence-electron chi connectivity index (χ0n) is 29.7. The van der Waals surface area contributed by atoms with Crippen LogP contribution < -0.4 is 15.0 Å². The van der Waals surface area contributed by atoms with Gasteiger partial charge in [-0.15, -0.1) is 0 Å². The van der Waals surface area contributed by atoms with Gasteiger partial charge in [-0.2, -0.15) is 0 Å². The number of carbonyl (C=O) groups excluding carboxylic acids is 3. The summed E-state index contributed by atoms with van der Waals surface area (Å²) in [5.74, 6) is 0.319. The number of anilines is 1. The fourth-order valence-corrected chi connectivity index (χ4v) is 7.64. The standard InChI is InChI=1S/C43H46N4O5/c1-2-37(30-8-4-3-5-9-30)41(31-10-15-35(48)16-11-31)32-12-17-36(18-13-32)52-27-7-6-22-45-23-25-46(26-24-45)34-14-19-38-33(28-34)29-47(43(38)51)39-20-21-40(49)44-42(39)50/h3-5,8-19,28,39,48H,2,6-7,20-27,29H2,1H3,(H,44,49,50). The van der Waals surface area contributed by atoms with E-state index in [0.29, 0.717) is 25.1 Å². The minimum absolute atomic E-state index is 0.136. The average Bonchev–Trinajstić information content (AvgIpc) is 3.50. The van der Waals surface area contributed by atoms with Gasteiger partial charge in [-0.3, -0.25) is 24.6 Å². The van der Waals surface area contributed by atoms with Crippen LogP contribution in [-0.4, -0.2) is 78.0 Å². The van der Waals surface area contributed by atoms with Gasteiger partial charge in [0.2, 0.25) is 11.8 Å². The fraction of sp³-hybridized carbons (Fsp3) is 0.326. The van der Waals surface area contributed by atoms with Crippen LogP contribution in [-0.2, 0) is 16.1 Å². The number of carbonyl (C=O) groups is 3. The van der Waals surface area contributed by atoms with E-state index in [4.69, 9.17) is 4.74 Å². The minimum atomic E-state index is -0.595. The Bertz CT molecular complexity index is 1930. The molecule has 3 aliphatic heterocycles. The number of phenols is 1. The highest BCUT2D eigenvalue weighted by molar-refractivity contribution is 6.05. The normalized spacial score (nSPS) is 18.2. The molecule has 268 valence electrons. The van der Waals surface area contributed by atoms with Gasteiger partial charge in [-0.25, -0.2) is 0 Å². The third-order valence-electron chi connectivity index (χ3n) is 10.5. The Morgan fingerprint density at radius 2 is 1.54 bits per heavy atom. The predicted molar refractivity (Wildman–Crippen MR) is 203 cm³/mol. The van der Waals surface area contributed by atoms with E-state index in [1.54, 1.807) is 17.0 Å². The lowest BCUT2D eigenvalue weighted by atomic mass is 9.88. The Labute approximate surface area is 305 Å². The Hall–Kier alpha value is -5.41. The van der Waals surface area contributed by atoms with E-state index in [9.17, 15) is 19.5 Å². The van der Waals surface area contributed by atoms with E-state index in [2.05, 4.69) is 76.6 Å². The summed E-state index contributed by atoms with van der Waals surface area (Å²) in [5, 5.41) is 12.3. The molecule has 3 heterocycles. The molecule has 3 aliphatic rings. The summed E-state index contributed by atoms with van der Waals surface area (Å²) < 4.78 is 6.16. The molecule has 1 unspecified atom stereocenters. The van der Waals surface area contributed by atoms with Crippen molar-refractivity contribution in [2.75, 3.05) is 44.2 Å². The number of piperazine rings is 1. The van der Waals surface area contributed by atoms with Gasteiger partial charge in [0.1, 0.15) is 17.5 Å². The van der Waals surface area contributed by atoms with Crippen molar-refractivity contribution in [3.63, 3.8) is 0 Å². The molecule has 0 spiro atoms. The molecule has 0 bridgehead atoms. The molecule has 0 saturated carbocycles. The SMILES string of the molecule is CCC(=C(c1ccc(O)cc1)c1ccc(OCCCCN2CCN(c3ccc4c(c3)CN(C3CCC(=O)NC3=O)C4=O)CC2)cc1)c1ccccc1. The number of unbranched alkanes of at least 4 members (excludes halogenated alkanes) is 1. The molecule has 2 fully saturated rings. The molecule has 0 aromatic heterocycles. The second-order valence-electron chi connectivity index (χ2n) is 13.8. The molecule has 0 radical (unpaired) electrons. The van der Waals surface area contributed by atoms with Crippen LogP contribution in [0, 0.1) is 0 Å². The number of imide groups is 1. The number of hydrogen-bond acceptors (Lipinski definition) is 7. The van der Waals surface area contributed by atoms with Gasteiger partial charge >= 0.3 is 0 Å². The molecule has 2 N–H and O–H groups in total. The number of allylic oxidation sites excluding steroid dienone is 1. The Kier molecular flexibility index (Phi) is 10.7. The average molecular weight is 699 g/mol. The monoisotopic (exact) mass is 698 g/mol. The van der Waals surface area contributed by atoms with E-state index in [-0.39, 0.29) is 29.9 Å². The molecular formula is C43H46N4O5. The summed E-state index contributed by atoms with van der Waals surface area (Å²) in [6.45, 7) is 8.03. The van der Waals surface area contributed by atoms with Gasteiger partial charge in [-0.1, -0.05) is 61.5 Å². The Morgan fingerprint density at radius 3 is 2.23 bits per heavy atom. The summed E-state index contributed by atoms with van der Waals surface area (Å²) >= 11 is 0. The summed E-state index contributed by atoms with van der Waals surface area (Å²) in [5.41, 5.74) is 8.47. The summed E-state index contributed by atoms with van der Waals surface area (Å²) in [6, 6.07) is 31.7. The van der Waals surface area contributed by atoms with E-state index in [1.165, 1.54) is 11.1 Å². The van der Waals surface area contributed by atoms with Gasteiger partial charge in [0.05, 0.1) is 6.61 Å². The maximum absolute atomic E-state index is 13.1. The lowest BCUT2D eigenvalue weighted by Crippen LogP contribution is -2.52. The van der Waals surface area contributed by atoms with Crippen molar-refractivity contribution >= 4 is 34.6 Å². The molecular weight excluding hydrogens is 652 g/mol. The zero-order valence-corrected chi connectivity index (χ0v) is 29.7. The maximum atomic E-state index is 13.1. The van der Waals surface area contributed by atoms with E-state index in [0.717, 1.165) is 85.7 Å². The largest absolute Gasteiger partial charge is 0.508 e. The fourth-order valence-electron chi connectivity index (χ4n) is 7.64. The van der Waals surface area contributed by atoms with Crippen molar-refractivity contribution in [2.24, 2.45) is 0 Å². The quantitative estimate of drug-likeness (QED) is 0.0990. The third-order valence-corrected chi connectivity index (χ3v) is 10.5. The first-order valence-electron chi connectivity index (χ1n) is 18.4. The predicted octanol–water partition coefficient (Wildman–Crippen LogP) is 6.50. The maximum Gasteiger partial charge on any atom is 0.255 e. The van der Waals surface area contributed by atoms with Crippen LogP contribution >= 0.6 is 0 Å². The molecule has 2 saturated heterocycles. The molecule has 3 amide bonds. The molecule has 9 nitrogen and oxygen atoms in total. The minimum Gasteiger partial charge on any atom is -0.508 e. The second kappa shape index (κ2) is 15.9. The van der Waals surface area contributed by atoms with Crippen molar-refractivity contribution in [1.82, 2.24) is 15.1 Å². The highest BCUT2D eigenvalue weighted by atomic mass is 16.5. The molecule has 9 heteroatoms. The van der Waals surface area contributed by atoms with Crippen LogP contribution in [0.3, 0.4) is 0 Å². The number of phenolic OH excluding ortho intramolecular Hbond substituents is 1. The molecule has 4 aromatic carbocycles. The van der Waals surface area contributed by atoms with Crippen LogP contribution in [0.15, 0.2) is 97.1 Å². The van der Waals surface area contributed by atoms with Crippen LogP contribution in [0.25, 0.3) is 11.1 Å². The number of rotatable bonds is 12. The van der Waals surface area contributed by atoms with Crippen LogP contribution in [0.2, 0.25) is 0 Å². The molecule has 4 aromatic rings. The first kappa shape index (κ1) is 35.0. The van der Waals surface area contributed by atoms with Crippen molar-refractivity contribution in [3.8, 4) is 11.5 Å². The van der Waals surface area contributed by atoms with E-state index in [1.807, 2.05) is 30.3 Å². The number of benzene rings is 4. The first-order valence-corrected chi connectivity index (χ1v) is 18.4. The van der Waals surface area contributed by atoms with Crippen LogP contribution in [0.5, 0.6) is 11.5 Å². The van der Waals surface area contributed by atoms with Gasteiger partial charge in [0.15, 0.2) is 0 Å². The molecule has 1 atom stereocenters. The van der Waals surface area contributed by atoms with Crippen LogP contribution in [0.1, 0.15) is 71.6 Å². The number of amides is 3. The van der Waals surface area contributed by atoms with Gasteiger partial charge in [0, 0.05) is 50.4 Å². The topological polar surface area (TPSA) is 102 Å². The smallest absolute Gasteiger partial charge is 0.255 e. The molecule has 52 heavy (non-hydrogen) atoms. The summed E-state index contributed by atoms with van der Waals surface area (Å²) in [7, 11) is 0. The van der Waals surface area contributed by atoms with Crippen molar-refractivity contribution in [1.29, 1.82) is 0 Å². The zero-order chi connectivity index (χ0) is 36.0. The highest BCUT2D eigenvalue weighted by Crippen LogP contribution is 2.36. The van der Waals surface area contributed by atoms with Gasteiger partial charge in [0.25, 0.3) is 5.91 Å².